The molecule has 0 aliphatic rings. The molecule has 0 aliphatic carbocycles. The summed E-state index contributed by atoms with van der Waals surface area (Å²) in [5.41, 5.74) is 9.31. The molecular weight excluding hydrogens is 298 g/mol. The number of carbonyl (C=O) groups excluding carboxylic acids is 1. The van der Waals surface area contributed by atoms with Crippen LogP contribution in [0, 0.1) is 11.6 Å². The first-order valence-corrected chi connectivity index (χ1v) is 6.83. The molecule has 1 amide bonds. The molecule has 1 aromatic carbocycles. The number of amides is 1. The van der Waals surface area contributed by atoms with Crippen molar-refractivity contribution in [3.05, 3.63) is 29.3 Å². The highest BCUT2D eigenvalue weighted by molar-refractivity contribution is 5.93. The SMILES string of the molecule is NCC(O)COCCCCOc1ccc(F)c(C(N)=O)c1F. The van der Waals surface area contributed by atoms with Crippen LogP contribution in [0.15, 0.2) is 12.1 Å². The number of halogens is 2. The van der Waals surface area contributed by atoms with Crippen molar-refractivity contribution < 1.29 is 28.2 Å². The van der Waals surface area contributed by atoms with Gasteiger partial charge in [-0.15, -0.1) is 0 Å². The molecule has 1 unspecified atom stereocenters. The summed E-state index contributed by atoms with van der Waals surface area (Å²) in [5, 5.41) is 9.15. The van der Waals surface area contributed by atoms with E-state index in [0.717, 1.165) is 12.1 Å². The second kappa shape index (κ2) is 9.29. The van der Waals surface area contributed by atoms with E-state index in [2.05, 4.69) is 0 Å². The monoisotopic (exact) mass is 318 g/mol. The van der Waals surface area contributed by atoms with Gasteiger partial charge in [0.1, 0.15) is 11.4 Å². The minimum Gasteiger partial charge on any atom is -0.490 e. The zero-order chi connectivity index (χ0) is 16.5. The van der Waals surface area contributed by atoms with Crippen molar-refractivity contribution in [3.8, 4) is 5.75 Å². The number of benzene rings is 1. The van der Waals surface area contributed by atoms with Crippen molar-refractivity contribution in [2.24, 2.45) is 11.5 Å². The first kappa shape index (κ1) is 18.3. The summed E-state index contributed by atoms with van der Waals surface area (Å²) in [6.07, 6.45) is 0.501. The molecule has 0 aromatic heterocycles. The number of unbranched alkanes of at least 4 members (excludes halogenated alkanes) is 1. The Balaban J connectivity index is 2.34. The van der Waals surface area contributed by atoms with E-state index < -0.39 is 29.2 Å². The van der Waals surface area contributed by atoms with Crippen molar-refractivity contribution in [1.82, 2.24) is 0 Å². The van der Waals surface area contributed by atoms with Crippen molar-refractivity contribution >= 4 is 5.91 Å². The second-order valence-corrected chi connectivity index (χ2v) is 4.62. The van der Waals surface area contributed by atoms with Gasteiger partial charge in [0.2, 0.25) is 0 Å². The lowest BCUT2D eigenvalue weighted by atomic mass is 10.1. The molecule has 0 saturated carbocycles. The number of primary amides is 1. The summed E-state index contributed by atoms with van der Waals surface area (Å²) < 4.78 is 37.4. The van der Waals surface area contributed by atoms with Gasteiger partial charge in [-0.2, -0.15) is 0 Å². The van der Waals surface area contributed by atoms with Crippen LogP contribution in [0.4, 0.5) is 8.78 Å². The van der Waals surface area contributed by atoms with Gasteiger partial charge in [-0.25, -0.2) is 8.78 Å². The van der Waals surface area contributed by atoms with E-state index in [1.807, 2.05) is 0 Å². The van der Waals surface area contributed by atoms with Crippen molar-refractivity contribution in [1.29, 1.82) is 0 Å². The summed E-state index contributed by atoms with van der Waals surface area (Å²) >= 11 is 0. The minimum atomic E-state index is -1.19. The number of aliphatic hydroxyl groups is 1. The van der Waals surface area contributed by atoms with Crippen LogP contribution in [-0.2, 0) is 4.74 Å². The fourth-order valence-corrected chi connectivity index (χ4v) is 1.65. The number of hydrogen-bond donors (Lipinski definition) is 3. The van der Waals surface area contributed by atoms with Gasteiger partial charge in [-0.1, -0.05) is 0 Å². The highest BCUT2D eigenvalue weighted by Gasteiger charge is 2.19. The second-order valence-electron chi connectivity index (χ2n) is 4.62. The lowest BCUT2D eigenvalue weighted by Crippen LogP contribution is -2.25. The van der Waals surface area contributed by atoms with E-state index in [9.17, 15) is 13.6 Å². The summed E-state index contributed by atoms with van der Waals surface area (Å²) in [6, 6.07) is 2.03. The highest BCUT2D eigenvalue weighted by Crippen LogP contribution is 2.23. The predicted octanol–water partition coefficient (Wildman–Crippen LogP) is 0.559. The molecule has 0 heterocycles. The molecule has 1 aromatic rings. The molecule has 1 rings (SSSR count). The zero-order valence-corrected chi connectivity index (χ0v) is 12.1. The van der Waals surface area contributed by atoms with Crippen molar-refractivity contribution in [2.75, 3.05) is 26.4 Å². The third-order valence-corrected chi connectivity index (χ3v) is 2.82. The third kappa shape index (κ3) is 5.55. The number of ether oxygens (including phenoxy) is 2. The van der Waals surface area contributed by atoms with Crippen LogP contribution in [0.3, 0.4) is 0 Å². The Hall–Kier alpha value is -1.77. The molecule has 5 N–H and O–H groups in total. The van der Waals surface area contributed by atoms with Crippen LogP contribution in [0.5, 0.6) is 5.75 Å². The Bertz CT molecular complexity index is 500. The van der Waals surface area contributed by atoms with E-state index in [0.29, 0.717) is 19.4 Å². The summed E-state index contributed by atoms with van der Waals surface area (Å²) in [4.78, 5) is 11.0. The molecule has 0 radical (unpaired) electrons. The Kier molecular flexibility index (Phi) is 7.72. The fraction of sp³-hybridized carbons (Fsp3) is 0.500. The smallest absolute Gasteiger partial charge is 0.254 e. The van der Waals surface area contributed by atoms with Gasteiger partial charge in [0.05, 0.1) is 19.3 Å². The Labute approximate surface area is 127 Å². The maximum Gasteiger partial charge on any atom is 0.254 e. The first-order chi connectivity index (χ1) is 10.5. The molecule has 0 bridgehead atoms. The largest absolute Gasteiger partial charge is 0.490 e. The van der Waals surface area contributed by atoms with E-state index in [1.165, 1.54) is 0 Å². The van der Waals surface area contributed by atoms with Gasteiger partial charge < -0.3 is 26.0 Å². The number of rotatable bonds is 10. The quantitative estimate of drug-likeness (QED) is 0.546. The van der Waals surface area contributed by atoms with Crippen LogP contribution in [0.25, 0.3) is 0 Å². The van der Waals surface area contributed by atoms with Crippen LogP contribution in [-0.4, -0.2) is 43.5 Å². The number of carbonyl (C=O) groups is 1. The lowest BCUT2D eigenvalue weighted by Gasteiger charge is -2.10. The molecule has 124 valence electrons. The van der Waals surface area contributed by atoms with E-state index in [-0.39, 0.29) is 25.5 Å². The zero-order valence-electron chi connectivity index (χ0n) is 12.1. The molecule has 0 spiro atoms. The molecule has 1 atom stereocenters. The Morgan fingerprint density at radius 3 is 2.59 bits per heavy atom. The molecule has 0 aliphatic heterocycles. The number of aliphatic hydroxyl groups excluding tert-OH is 1. The standard InChI is InChI=1S/C14H20F2N2O4/c15-10-3-4-11(13(16)12(10)14(18)20)22-6-2-1-5-21-8-9(19)7-17/h3-4,9,19H,1-2,5-8,17H2,(H2,18,20). The van der Waals surface area contributed by atoms with Gasteiger partial charge in [-0.3, -0.25) is 4.79 Å². The molecule has 6 nitrogen and oxygen atoms in total. The van der Waals surface area contributed by atoms with Gasteiger partial charge >= 0.3 is 0 Å². The van der Waals surface area contributed by atoms with Crippen LogP contribution < -0.4 is 16.2 Å². The maximum atomic E-state index is 13.8. The molecular formula is C14H20F2N2O4. The van der Waals surface area contributed by atoms with Gasteiger partial charge in [0, 0.05) is 13.2 Å². The average Bonchev–Trinajstić information content (AvgIpc) is 2.47. The van der Waals surface area contributed by atoms with Gasteiger partial charge in [0.25, 0.3) is 5.91 Å². The summed E-state index contributed by atoms with van der Waals surface area (Å²) in [7, 11) is 0. The first-order valence-electron chi connectivity index (χ1n) is 6.83. The van der Waals surface area contributed by atoms with Crippen molar-refractivity contribution in [2.45, 2.75) is 18.9 Å². The predicted molar refractivity (Wildman–Crippen MR) is 75.5 cm³/mol. The molecule has 22 heavy (non-hydrogen) atoms. The minimum absolute atomic E-state index is 0.134. The summed E-state index contributed by atoms with van der Waals surface area (Å²) in [6.45, 7) is 0.865. The average molecular weight is 318 g/mol. The van der Waals surface area contributed by atoms with Crippen molar-refractivity contribution in [3.63, 3.8) is 0 Å². The molecule has 0 fully saturated rings. The van der Waals surface area contributed by atoms with Gasteiger partial charge in [0.15, 0.2) is 11.6 Å². The third-order valence-electron chi connectivity index (χ3n) is 2.82. The molecule has 8 heteroatoms. The topological polar surface area (TPSA) is 108 Å². The highest BCUT2D eigenvalue weighted by atomic mass is 19.1. The number of hydrogen-bond acceptors (Lipinski definition) is 5. The maximum absolute atomic E-state index is 13.8. The Morgan fingerprint density at radius 1 is 1.27 bits per heavy atom. The van der Waals surface area contributed by atoms with E-state index in [1.54, 1.807) is 0 Å². The Morgan fingerprint density at radius 2 is 1.95 bits per heavy atom. The normalized spacial score (nSPS) is 12.2. The van der Waals surface area contributed by atoms with Crippen LogP contribution in [0.1, 0.15) is 23.2 Å². The van der Waals surface area contributed by atoms with Crippen LogP contribution >= 0.6 is 0 Å². The fourth-order valence-electron chi connectivity index (χ4n) is 1.65. The summed E-state index contributed by atoms with van der Waals surface area (Å²) in [5.74, 6) is -3.54. The van der Waals surface area contributed by atoms with Crippen LogP contribution in [0.2, 0.25) is 0 Å². The van der Waals surface area contributed by atoms with Gasteiger partial charge in [-0.05, 0) is 25.0 Å². The lowest BCUT2D eigenvalue weighted by molar-refractivity contribution is 0.0388. The van der Waals surface area contributed by atoms with E-state index >= 15 is 0 Å². The molecule has 0 saturated heterocycles. The van der Waals surface area contributed by atoms with E-state index in [4.69, 9.17) is 26.0 Å². The number of nitrogens with two attached hydrogens (primary N) is 2.